The van der Waals surface area contributed by atoms with Gasteiger partial charge in [0.1, 0.15) is 18.0 Å². The molecule has 7 nitrogen and oxygen atoms in total. The summed E-state index contributed by atoms with van der Waals surface area (Å²) >= 11 is 0. The highest BCUT2D eigenvalue weighted by Crippen LogP contribution is 2.33. The fourth-order valence-electron chi connectivity index (χ4n) is 3.73. The highest BCUT2D eigenvalue weighted by atomic mass is 16.5. The van der Waals surface area contributed by atoms with Crippen LogP contribution in [0.2, 0.25) is 0 Å². The Balaban J connectivity index is 1.77. The first-order valence-electron chi connectivity index (χ1n) is 10.8. The van der Waals surface area contributed by atoms with Crippen molar-refractivity contribution in [3.63, 3.8) is 0 Å². The van der Waals surface area contributed by atoms with E-state index in [1.807, 2.05) is 46.8 Å². The average molecular weight is 439 g/mol. The number of amides is 2. The SMILES string of the molecule is CC[C@H](C)NC(=O)CN1C(=O)COc2ccc(C(=O)COc3c(C)cc(C)cc3C)cc21. The van der Waals surface area contributed by atoms with Gasteiger partial charge in [-0.2, -0.15) is 0 Å². The molecule has 1 atom stereocenters. The predicted octanol–water partition coefficient (Wildman–Crippen LogP) is 3.51. The number of ether oxygens (including phenoxy) is 2. The number of fused-ring (bicyclic) bond motifs is 1. The maximum absolute atomic E-state index is 12.8. The van der Waals surface area contributed by atoms with Crippen LogP contribution in [0.25, 0.3) is 0 Å². The van der Waals surface area contributed by atoms with Crippen molar-refractivity contribution in [2.24, 2.45) is 0 Å². The Labute approximate surface area is 188 Å². The van der Waals surface area contributed by atoms with E-state index in [2.05, 4.69) is 5.32 Å². The lowest BCUT2D eigenvalue weighted by molar-refractivity contribution is -0.125. The highest BCUT2D eigenvalue weighted by Gasteiger charge is 2.28. The Hall–Kier alpha value is -3.35. The molecule has 7 heteroatoms. The van der Waals surface area contributed by atoms with Crippen LogP contribution in [-0.2, 0) is 9.59 Å². The lowest BCUT2D eigenvalue weighted by Crippen LogP contribution is -2.46. The van der Waals surface area contributed by atoms with E-state index in [9.17, 15) is 14.4 Å². The Kier molecular flexibility index (Phi) is 7.18. The molecule has 0 spiro atoms. The molecule has 0 saturated heterocycles. The molecule has 1 aliphatic heterocycles. The monoisotopic (exact) mass is 438 g/mol. The molecule has 0 bridgehead atoms. The number of rotatable bonds is 8. The van der Waals surface area contributed by atoms with Crippen molar-refractivity contribution < 1.29 is 23.9 Å². The quantitative estimate of drug-likeness (QED) is 0.638. The van der Waals surface area contributed by atoms with Crippen molar-refractivity contribution in [3.8, 4) is 11.5 Å². The molecule has 0 unspecified atom stereocenters. The molecule has 32 heavy (non-hydrogen) atoms. The maximum atomic E-state index is 12.8. The summed E-state index contributed by atoms with van der Waals surface area (Å²) in [5.74, 6) is 0.344. The molecule has 2 aromatic carbocycles. The van der Waals surface area contributed by atoms with E-state index in [4.69, 9.17) is 9.47 Å². The number of hydrogen-bond acceptors (Lipinski definition) is 5. The lowest BCUT2D eigenvalue weighted by Gasteiger charge is -2.29. The Morgan fingerprint density at radius 1 is 1.16 bits per heavy atom. The van der Waals surface area contributed by atoms with Gasteiger partial charge in [0.15, 0.2) is 19.0 Å². The minimum absolute atomic E-state index is 0.0110. The topological polar surface area (TPSA) is 84.9 Å². The second-order valence-corrected chi connectivity index (χ2v) is 8.27. The molecule has 1 N–H and O–H groups in total. The van der Waals surface area contributed by atoms with Gasteiger partial charge >= 0.3 is 0 Å². The van der Waals surface area contributed by atoms with Gasteiger partial charge in [0.25, 0.3) is 5.91 Å². The van der Waals surface area contributed by atoms with E-state index >= 15 is 0 Å². The summed E-state index contributed by atoms with van der Waals surface area (Å²) in [7, 11) is 0. The van der Waals surface area contributed by atoms with Gasteiger partial charge in [0, 0.05) is 11.6 Å². The van der Waals surface area contributed by atoms with Crippen LogP contribution < -0.4 is 19.7 Å². The lowest BCUT2D eigenvalue weighted by atomic mass is 10.1. The summed E-state index contributed by atoms with van der Waals surface area (Å²) in [5, 5.41) is 2.86. The number of Topliss-reactive ketones (excluding diaryl/α,β-unsaturated/α-hetero) is 1. The molecule has 2 aromatic rings. The molecule has 0 aromatic heterocycles. The molecular weight excluding hydrogens is 408 g/mol. The van der Waals surface area contributed by atoms with Crippen molar-refractivity contribution in [1.82, 2.24) is 5.32 Å². The van der Waals surface area contributed by atoms with Gasteiger partial charge < -0.3 is 14.8 Å². The second kappa shape index (κ2) is 9.85. The summed E-state index contributed by atoms with van der Waals surface area (Å²) in [6.07, 6.45) is 0.790. The highest BCUT2D eigenvalue weighted by molar-refractivity contribution is 6.04. The van der Waals surface area contributed by atoms with Crippen LogP contribution in [0, 0.1) is 20.8 Å². The summed E-state index contributed by atoms with van der Waals surface area (Å²) in [4.78, 5) is 39.0. The van der Waals surface area contributed by atoms with Crippen molar-refractivity contribution in [2.45, 2.75) is 47.1 Å². The number of benzene rings is 2. The molecule has 1 heterocycles. The maximum Gasteiger partial charge on any atom is 0.265 e. The zero-order valence-electron chi connectivity index (χ0n) is 19.3. The summed E-state index contributed by atoms with van der Waals surface area (Å²) in [6, 6.07) is 8.91. The Bertz CT molecular complexity index is 1020. The minimum Gasteiger partial charge on any atom is -0.485 e. The van der Waals surface area contributed by atoms with Crippen molar-refractivity contribution in [3.05, 3.63) is 52.6 Å². The molecule has 0 radical (unpaired) electrons. The predicted molar refractivity (Wildman–Crippen MR) is 123 cm³/mol. The zero-order chi connectivity index (χ0) is 23.4. The fraction of sp³-hybridized carbons (Fsp3) is 0.400. The van der Waals surface area contributed by atoms with Crippen molar-refractivity contribution in [1.29, 1.82) is 0 Å². The van der Waals surface area contributed by atoms with Crippen molar-refractivity contribution in [2.75, 3.05) is 24.7 Å². The fourth-order valence-corrected chi connectivity index (χ4v) is 3.73. The normalized spacial score (nSPS) is 13.8. The number of hydrogen-bond donors (Lipinski definition) is 1. The number of nitrogens with zero attached hydrogens (tertiary/aromatic N) is 1. The Morgan fingerprint density at radius 2 is 1.84 bits per heavy atom. The van der Waals surface area contributed by atoms with Crippen LogP contribution in [0.4, 0.5) is 5.69 Å². The number of nitrogens with one attached hydrogen (secondary N) is 1. The van der Waals surface area contributed by atoms with Crippen LogP contribution in [0.1, 0.15) is 47.3 Å². The molecule has 0 fully saturated rings. The molecule has 3 rings (SSSR count). The third kappa shape index (κ3) is 5.28. The van der Waals surface area contributed by atoms with Gasteiger partial charge in [-0.3, -0.25) is 19.3 Å². The van der Waals surface area contributed by atoms with E-state index in [0.29, 0.717) is 22.7 Å². The number of ketones is 1. The zero-order valence-corrected chi connectivity index (χ0v) is 19.3. The number of carbonyl (C=O) groups excluding carboxylic acids is 3. The van der Waals surface area contributed by atoms with E-state index in [0.717, 1.165) is 23.1 Å². The molecule has 2 amide bonds. The van der Waals surface area contributed by atoms with Crippen LogP contribution >= 0.6 is 0 Å². The van der Waals surface area contributed by atoms with Gasteiger partial charge in [-0.25, -0.2) is 0 Å². The molecule has 0 saturated carbocycles. The summed E-state index contributed by atoms with van der Waals surface area (Å²) in [6.45, 7) is 9.38. The third-order valence-corrected chi connectivity index (χ3v) is 5.50. The molecule has 0 aliphatic carbocycles. The number of anilines is 1. The van der Waals surface area contributed by atoms with E-state index in [-0.39, 0.29) is 43.4 Å². The third-order valence-electron chi connectivity index (χ3n) is 5.50. The minimum atomic E-state index is -0.330. The van der Waals surface area contributed by atoms with Gasteiger partial charge in [-0.1, -0.05) is 24.6 Å². The van der Waals surface area contributed by atoms with E-state index in [1.165, 1.54) is 4.90 Å². The van der Waals surface area contributed by atoms with Crippen LogP contribution in [-0.4, -0.2) is 43.4 Å². The number of aryl methyl sites for hydroxylation is 3. The summed E-state index contributed by atoms with van der Waals surface area (Å²) in [5.41, 5.74) is 3.87. The first kappa shape index (κ1) is 23.3. The van der Waals surface area contributed by atoms with Gasteiger partial charge in [-0.15, -0.1) is 0 Å². The smallest absolute Gasteiger partial charge is 0.265 e. The largest absolute Gasteiger partial charge is 0.485 e. The number of carbonyl (C=O) groups is 3. The molecule has 1 aliphatic rings. The van der Waals surface area contributed by atoms with Gasteiger partial charge in [-0.05, 0) is 63.4 Å². The first-order chi connectivity index (χ1) is 15.2. The van der Waals surface area contributed by atoms with Crippen molar-refractivity contribution >= 4 is 23.3 Å². The van der Waals surface area contributed by atoms with Gasteiger partial charge in [0.05, 0.1) is 5.69 Å². The second-order valence-electron chi connectivity index (χ2n) is 8.27. The first-order valence-corrected chi connectivity index (χ1v) is 10.8. The average Bonchev–Trinajstić information content (AvgIpc) is 2.74. The standard InChI is InChI=1S/C25H30N2O5/c1-6-18(5)26-23(29)12-27-20-11-19(7-8-22(20)31-14-24(27)30)21(28)13-32-25-16(3)9-15(2)10-17(25)4/h7-11,18H,6,12-14H2,1-5H3,(H,26,29)/t18-/m0/s1. The molecule has 170 valence electrons. The van der Waals surface area contributed by atoms with E-state index < -0.39 is 0 Å². The van der Waals surface area contributed by atoms with Gasteiger partial charge in [0.2, 0.25) is 5.91 Å². The van der Waals surface area contributed by atoms with Crippen LogP contribution in [0.5, 0.6) is 11.5 Å². The molecular formula is C25H30N2O5. The van der Waals surface area contributed by atoms with E-state index in [1.54, 1.807) is 18.2 Å². The summed E-state index contributed by atoms with van der Waals surface area (Å²) < 4.78 is 11.3. The van der Waals surface area contributed by atoms with Crippen LogP contribution in [0.3, 0.4) is 0 Å². The Morgan fingerprint density at radius 3 is 2.50 bits per heavy atom. The van der Waals surface area contributed by atoms with Crippen LogP contribution in [0.15, 0.2) is 30.3 Å².